The van der Waals surface area contributed by atoms with Crippen LogP contribution in [0, 0.1) is 6.07 Å². The first-order valence-corrected chi connectivity index (χ1v) is 10.6. The maximum Gasteiger partial charge on any atom is 0.164 e. The summed E-state index contributed by atoms with van der Waals surface area (Å²) in [7, 11) is 2.22. The van der Waals surface area contributed by atoms with Crippen molar-refractivity contribution in [1.29, 1.82) is 0 Å². The van der Waals surface area contributed by atoms with Crippen molar-refractivity contribution in [2.75, 3.05) is 39.0 Å². The molecule has 7 heteroatoms. The summed E-state index contributed by atoms with van der Waals surface area (Å²) < 4.78 is 2.11. The Kier molecular flexibility index (Phi) is 4.93. The van der Waals surface area contributed by atoms with E-state index in [-0.39, 0.29) is 0 Å². The molecule has 5 rings (SSSR count). The number of piperazine rings is 1. The lowest BCUT2D eigenvalue weighted by molar-refractivity contribution is 0.0815. The number of anilines is 1. The molecule has 0 amide bonds. The smallest absolute Gasteiger partial charge is 0.164 e. The van der Waals surface area contributed by atoms with Crippen LogP contribution in [-0.4, -0.2) is 68.8 Å². The van der Waals surface area contributed by atoms with Crippen LogP contribution in [0.4, 0.5) is 5.82 Å². The Morgan fingerprint density at radius 3 is 2.38 bits per heavy atom. The molecule has 151 valence electrons. The van der Waals surface area contributed by atoms with Gasteiger partial charge >= 0.3 is 0 Å². The van der Waals surface area contributed by atoms with E-state index in [9.17, 15) is 0 Å². The summed E-state index contributed by atoms with van der Waals surface area (Å²) in [5, 5.41) is 5.85. The molecule has 0 unspecified atom stereocenters. The molecule has 2 aliphatic rings. The Bertz CT molecular complexity index is 967. The van der Waals surface area contributed by atoms with Crippen molar-refractivity contribution in [3.63, 3.8) is 0 Å². The van der Waals surface area contributed by atoms with Gasteiger partial charge in [-0.25, -0.2) is 14.6 Å². The van der Waals surface area contributed by atoms with Gasteiger partial charge in [0.05, 0.1) is 11.4 Å². The predicted octanol–water partition coefficient (Wildman–Crippen LogP) is 2.61. The van der Waals surface area contributed by atoms with Crippen LogP contribution in [0.3, 0.4) is 0 Å². The summed E-state index contributed by atoms with van der Waals surface area (Å²) in [6.45, 7) is 4.74. The Labute approximate surface area is 171 Å². The number of hydrogen-bond donors (Lipinski definition) is 1. The molecule has 1 radical (unpaired) electrons. The minimum atomic E-state index is 0.361. The van der Waals surface area contributed by atoms with Gasteiger partial charge in [0, 0.05) is 37.8 Å². The third-order valence-corrected chi connectivity index (χ3v) is 6.58. The first-order chi connectivity index (χ1) is 14.2. The SMILES string of the molecule is CN1CCN(C2CCC(n3nc(-c4cc[c]cc4)c4c(N)ncnc43)CC2)CC1. The van der Waals surface area contributed by atoms with Crippen LogP contribution < -0.4 is 5.73 Å². The topological polar surface area (TPSA) is 76.1 Å². The standard InChI is InChI=1S/C22H28N7/c1-27-11-13-28(14-12-27)17-7-9-18(10-8-17)29-22-19(21(23)24-15-25-22)20(26-29)16-5-3-2-4-6-16/h3-6,15,17-18H,7-14H2,1H3,(H2,23,24,25). The van der Waals surface area contributed by atoms with Gasteiger partial charge in [-0.05, 0) is 38.8 Å². The average molecular weight is 391 g/mol. The van der Waals surface area contributed by atoms with Gasteiger partial charge in [-0.3, -0.25) is 4.90 Å². The quantitative estimate of drug-likeness (QED) is 0.741. The summed E-state index contributed by atoms with van der Waals surface area (Å²) in [5.74, 6) is 0.496. The van der Waals surface area contributed by atoms with E-state index in [1.807, 2.05) is 24.3 Å². The van der Waals surface area contributed by atoms with Gasteiger partial charge in [-0.15, -0.1) is 0 Å². The van der Waals surface area contributed by atoms with E-state index in [0.29, 0.717) is 17.9 Å². The van der Waals surface area contributed by atoms with Gasteiger partial charge in [-0.2, -0.15) is 5.10 Å². The normalized spacial score (nSPS) is 24.2. The molecule has 0 spiro atoms. The van der Waals surface area contributed by atoms with Crippen molar-refractivity contribution in [3.8, 4) is 11.3 Å². The zero-order valence-electron chi connectivity index (χ0n) is 17.0. The van der Waals surface area contributed by atoms with Crippen molar-refractivity contribution < 1.29 is 0 Å². The molecular weight excluding hydrogens is 362 g/mol. The number of nitrogens with zero attached hydrogens (tertiary/aromatic N) is 6. The number of nitrogens with two attached hydrogens (primary N) is 1. The Morgan fingerprint density at radius 2 is 1.66 bits per heavy atom. The van der Waals surface area contributed by atoms with E-state index in [1.54, 1.807) is 6.33 Å². The summed E-state index contributed by atoms with van der Waals surface area (Å²) in [5.41, 5.74) is 8.99. The average Bonchev–Trinajstić information content (AvgIpc) is 3.16. The zero-order chi connectivity index (χ0) is 19.8. The van der Waals surface area contributed by atoms with Crippen molar-refractivity contribution in [2.24, 2.45) is 0 Å². The number of hydrogen-bond acceptors (Lipinski definition) is 6. The molecule has 2 N–H and O–H groups in total. The maximum atomic E-state index is 6.25. The highest BCUT2D eigenvalue weighted by Crippen LogP contribution is 2.36. The van der Waals surface area contributed by atoms with Gasteiger partial charge in [0.15, 0.2) is 5.65 Å². The zero-order valence-corrected chi connectivity index (χ0v) is 17.0. The van der Waals surface area contributed by atoms with Gasteiger partial charge in [0.2, 0.25) is 0 Å². The second-order valence-electron chi connectivity index (χ2n) is 8.34. The lowest BCUT2D eigenvalue weighted by Crippen LogP contribution is -2.49. The van der Waals surface area contributed by atoms with E-state index in [4.69, 9.17) is 10.8 Å². The van der Waals surface area contributed by atoms with Gasteiger partial charge in [0.1, 0.15) is 17.8 Å². The third-order valence-electron chi connectivity index (χ3n) is 6.58. The number of nitrogen functional groups attached to an aromatic ring is 1. The molecule has 3 aromatic rings. The highest BCUT2D eigenvalue weighted by atomic mass is 15.3. The summed E-state index contributed by atoms with van der Waals surface area (Å²) >= 11 is 0. The van der Waals surface area contributed by atoms with Crippen molar-refractivity contribution in [2.45, 2.75) is 37.8 Å². The first-order valence-electron chi connectivity index (χ1n) is 10.6. The molecule has 1 aliphatic heterocycles. The van der Waals surface area contributed by atoms with Crippen LogP contribution in [0.1, 0.15) is 31.7 Å². The van der Waals surface area contributed by atoms with E-state index in [1.165, 1.54) is 39.0 Å². The molecule has 2 fully saturated rings. The molecule has 7 nitrogen and oxygen atoms in total. The second-order valence-corrected chi connectivity index (χ2v) is 8.34. The monoisotopic (exact) mass is 390 g/mol. The fourth-order valence-electron chi connectivity index (χ4n) is 4.85. The third kappa shape index (κ3) is 3.49. The fourth-order valence-corrected chi connectivity index (χ4v) is 4.85. The largest absolute Gasteiger partial charge is 0.383 e. The van der Waals surface area contributed by atoms with E-state index in [2.05, 4.69) is 37.6 Å². The molecule has 0 bridgehead atoms. The van der Waals surface area contributed by atoms with Gasteiger partial charge in [0.25, 0.3) is 0 Å². The minimum absolute atomic E-state index is 0.361. The molecule has 0 atom stereocenters. The van der Waals surface area contributed by atoms with Crippen molar-refractivity contribution in [3.05, 3.63) is 36.7 Å². The number of benzene rings is 1. The van der Waals surface area contributed by atoms with E-state index >= 15 is 0 Å². The van der Waals surface area contributed by atoms with Gasteiger partial charge < -0.3 is 10.6 Å². The Hall–Kier alpha value is -2.51. The maximum absolute atomic E-state index is 6.25. The predicted molar refractivity (Wildman–Crippen MR) is 114 cm³/mol. The number of likely N-dealkylation sites (N-methyl/N-ethyl adjacent to an activating group) is 1. The van der Waals surface area contributed by atoms with Crippen LogP contribution >= 0.6 is 0 Å². The summed E-state index contributed by atoms with van der Waals surface area (Å²) in [6.07, 6.45) is 6.23. The molecule has 1 aromatic carbocycles. The minimum Gasteiger partial charge on any atom is -0.383 e. The van der Waals surface area contributed by atoms with Crippen LogP contribution in [0.25, 0.3) is 22.3 Å². The van der Waals surface area contributed by atoms with Crippen LogP contribution in [0.5, 0.6) is 0 Å². The van der Waals surface area contributed by atoms with Gasteiger partial charge in [-0.1, -0.05) is 24.3 Å². The number of rotatable bonds is 3. The lowest BCUT2D eigenvalue weighted by Gasteiger charge is -2.41. The fraction of sp³-hybridized carbons (Fsp3) is 0.500. The second kappa shape index (κ2) is 7.72. The molecule has 1 saturated heterocycles. The van der Waals surface area contributed by atoms with Crippen molar-refractivity contribution >= 4 is 16.9 Å². The molecule has 29 heavy (non-hydrogen) atoms. The highest BCUT2D eigenvalue weighted by Gasteiger charge is 2.30. The number of fused-ring (bicyclic) bond motifs is 1. The molecule has 1 saturated carbocycles. The van der Waals surface area contributed by atoms with Crippen molar-refractivity contribution in [1.82, 2.24) is 29.5 Å². The Balaban J connectivity index is 1.41. The molecule has 1 aliphatic carbocycles. The lowest BCUT2D eigenvalue weighted by atomic mass is 9.90. The Morgan fingerprint density at radius 1 is 0.966 bits per heavy atom. The van der Waals surface area contributed by atoms with Crippen LogP contribution in [0.15, 0.2) is 30.6 Å². The van der Waals surface area contributed by atoms with E-state index in [0.717, 1.165) is 35.1 Å². The van der Waals surface area contributed by atoms with Crippen LogP contribution in [0.2, 0.25) is 0 Å². The highest BCUT2D eigenvalue weighted by molar-refractivity contribution is 5.98. The van der Waals surface area contributed by atoms with Crippen LogP contribution in [-0.2, 0) is 0 Å². The molecule has 2 aromatic heterocycles. The summed E-state index contributed by atoms with van der Waals surface area (Å²) in [6, 6.07) is 12.0. The number of aromatic nitrogens is 4. The molecular formula is C22H28N7. The summed E-state index contributed by atoms with van der Waals surface area (Å²) in [4.78, 5) is 13.9. The van der Waals surface area contributed by atoms with E-state index < -0.39 is 0 Å². The first kappa shape index (κ1) is 18.5. The molecule has 3 heterocycles.